The quantitative estimate of drug-likeness (QED) is 0.407. The third-order valence-electron chi connectivity index (χ3n) is 4.04. The summed E-state index contributed by atoms with van der Waals surface area (Å²) < 4.78 is 58.6. The molecule has 0 aliphatic rings. The van der Waals surface area contributed by atoms with E-state index in [0.717, 1.165) is 0 Å². The highest BCUT2D eigenvalue weighted by Crippen LogP contribution is 2.45. The molecule has 0 radical (unpaired) electrons. The largest absolute Gasteiger partial charge is 0.383 e. The minimum Gasteiger partial charge on any atom is -0.383 e. The van der Waals surface area contributed by atoms with Gasteiger partial charge in [-0.25, -0.2) is 17.6 Å². The van der Waals surface area contributed by atoms with Gasteiger partial charge < -0.3 is 5.32 Å². The van der Waals surface area contributed by atoms with Crippen LogP contribution in [0.25, 0.3) is 0 Å². The van der Waals surface area contributed by atoms with Gasteiger partial charge in [-0.2, -0.15) is 0 Å². The molecule has 134 valence electrons. The Morgan fingerprint density at radius 3 is 1.42 bits per heavy atom. The summed E-state index contributed by atoms with van der Waals surface area (Å²) in [7, 11) is 1.19. The fourth-order valence-electron chi connectivity index (χ4n) is 2.80. The van der Waals surface area contributed by atoms with Crippen LogP contribution in [0.4, 0.5) is 23.2 Å². The molecule has 0 spiro atoms. The fourth-order valence-corrected chi connectivity index (χ4v) is 6.76. The Morgan fingerprint density at radius 2 is 1.08 bits per heavy atom. The van der Waals surface area contributed by atoms with Gasteiger partial charge in [0.15, 0.2) is 23.3 Å². The van der Waals surface area contributed by atoms with E-state index in [0.29, 0.717) is 10.6 Å². The van der Waals surface area contributed by atoms with Crippen molar-refractivity contribution in [2.24, 2.45) is 0 Å². The first-order chi connectivity index (χ1) is 12.4. The molecule has 3 aromatic rings. The minimum absolute atomic E-state index is 0.440. The third-order valence-corrected chi connectivity index (χ3v) is 8.93. The predicted octanol–water partition coefficient (Wildman–Crippen LogP) is 4.04. The van der Waals surface area contributed by atoms with Crippen LogP contribution in [-0.2, 0) is 11.8 Å². The molecule has 3 aromatic carbocycles. The second-order valence-electron chi connectivity index (χ2n) is 5.51. The zero-order valence-corrected chi connectivity index (χ0v) is 15.4. The van der Waals surface area contributed by atoms with Crippen molar-refractivity contribution in [2.75, 3.05) is 12.4 Å². The smallest absolute Gasteiger partial charge is 0.185 e. The average Bonchev–Trinajstić information content (AvgIpc) is 2.68. The van der Waals surface area contributed by atoms with Crippen LogP contribution in [0.3, 0.4) is 0 Å². The van der Waals surface area contributed by atoms with Gasteiger partial charge in [-0.3, -0.25) is 0 Å². The van der Waals surface area contributed by atoms with Crippen LogP contribution in [0.15, 0.2) is 60.7 Å². The number of anilines is 1. The van der Waals surface area contributed by atoms with Crippen molar-refractivity contribution in [2.45, 2.75) is 0 Å². The SMILES string of the molecule is CNc1c(F)c(F)c(P(=S)(c2ccccc2)c2ccccc2)c(F)c1F. The zero-order valence-electron chi connectivity index (χ0n) is 13.6. The lowest BCUT2D eigenvalue weighted by Gasteiger charge is -2.25. The van der Waals surface area contributed by atoms with Crippen LogP contribution >= 0.6 is 6.04 Å². The summed E-state index contributed by atoms with van der Waals surface area (Å²) in [6.45, 7) is 0. The summed E-state index contributed by atoms with van der Waals surface area (Å²) in [5.41, 5.74) is -0.855. The maximum absolute atomic E-state index is 14.9. The molecule has 0 aliphatic heterocycles. The van der Waals surface area contributed by atoms with Crippen LogP contribution < -0.4 is 21.2 Å². The Bertz CT molecular complexity index is 921. The Hall–Kier alpha value is -2.17. The third kappa shape index (κ3) is 2.83. The van der Waals surface area contributed by atoms with Gasteiger partial charge >= 0.3 is 0 Å². The molecule has 0 unspecified atom stereocenters. The molecule has 1 N–H and O–H groups in total. The summed E-state index contributed by atoms with van der Waals surface area (Å²) >= 11 is 5.75. The van der Waals surface area contributed by atoms with Gasteiger partial charge in [0.25, 0.3) is 0 Å². The molecule has 0 saturated heterocycles. The first-order valence-corrected chi connectivity index (χ1v) is 10.5. The molecule has 26 heavy (non-hydrogen) atoms. The van der Waals surface area contributed by atoms with Crippen molar-refractivity contribution in [3.8, 4) is 0 Å². The molecule has 0 aliphatic carbocycles. The summed E-state index contributed by atoms with van der Waals surface area (Å²) in [5.74, 6) is -5.90. The lowest BCUT2D eigenvalue weighted by molar-refractivity contribution is 0.468. The van der Waals surface area contributed by atoms with Crippen LogP contribution in [0.5, 0.6) is 0 Å². The van der Waals surface area contributed by atoms with E-state index in [1.807, 2.05) is 0 Å². The number of nitrogens with one attached hydrogen (secondary N) is 1. The van der Waals surface area contributed by atoms with Crippen molar-refractivity contribution in [3.63, 3.8) is 0 Å². The molecule has 0 atom stereocenters. The predicted molar refractivity (Wildman–Crippen MR) is 102 cm³/mol. The van der Waals surface area contributed by atoms with Crippen molar-refractivity contribution >= 4 is 39.4 Å². The maximum Gasteiger partial charge on any atom is 0.185 e. The number of benzene rings is 3. The first-order valence-electron chi connectivity index (χ1n) is 7.68. The lowest BCUT2D eigenvalue weighted by Crippen LogP contribution is -2.31. The number of hydrogen-bond donors (Lipinski definition) is 1. The van der Waals surface area contributed by atoms with E-state index < -0.39 is 40.3 Å². The fraction of sp³-hybridized carbons (Fsp3) is 0.0526. The molecule has 3 rings (SSSR count). The highest BCUT2D eigenvalue weighted by molar-refractivity contribution is 8.25. The summed E-state index contributed by atoms with van der Waals surface area (Å²) in [4.78, 5) is 0. The molecular formula is C19H14F4NPS. The van der Waals surface area contributed by atoms with Crippen molar-refractivity contribution in [1.82, 2.24) is 0 Å². The normalized spacial score (nSPS) is 11.4. The second kappa shape index (κ2) is 7.22. The Balaban J connectivity index is 2.45. The highest BCUT2D eigenvalue weighted by atomic mass is 32.4. The van der Waals surface area contributed by atoms with Crippen LogP contribution in [0, 0.1) is 23.3 Å². The van der Waals surface area contributed by atoms with Gasteiger partial charge in [0.05, 0.1) is 5.30 Å². The monoisotopic (exact) mass is 395 g/mol. The lowest BCUT2D eigenvalue weighted by atomic mass is 10.2. The van der Waals surface area contributed by atoms with E-state index >= 15 is 0 Å². The molecule has 0 fully saturated rings. The standard InChI is InChI=1S/C19H14F4NPS/c1-24-18-14(20)16(22)19(17(23)15(18)21)25(26,12-8-4-2-5-9-12)13-10-6-3-7-11-13/h2-11,24H,1H3. The van der Waals surface area contributed by atoms with Gasteiger partial charge in [-0.05, 0) is 10.6 Å². The van der Waals surface area contributed by atoms with Gasteiger partial charge in [0, 0.05) is 13.1 Å². The minimum atomic E-state index is -3.36. The molecule has 1 nitrogen and oxygen atoms in total. The second-order valence-corrected chi connectivity index (χ2v) is 9.85. The molecule has 0 saturated carbocycles. The van der Waals surface area contributed by atoms with E-state index in [1.165, 1.54) is 7.05 Å². The molecule has 0 bridgehead atoms. The molecular weight excluding hydrogens is 381 g/mol. The van der Waals surface area contributed by atoms with Crippen LogP contribution in [-0.4, -0.2) is 7.05 Å². The van der Waals surface area contributed by atoms with Crippen LogP contribution in [0.2, 0.25) is 0 Å². The summed E-state index contributed by atoms with van der Waals surface area (Å²) in [6.07, 6.45) is 0. The van der Waals surface area contributed by atoms with E-state index in [4.69, 9.17) is 11.8 Å². The van der Waals surface area contributed by atoms with Crippen molar-refractivity contribution in [3.05, 3.63) is 83.9 Å². The summed E-state index contributed by atoms with van der Waals surface area (Å²) in [6, 6.07) is 13.3. The summed E-state index contributed by atoms with van der Waals surface area (Å²) in [5, 5.41) is 2.29. The number of rotatable bonds is 4. The molecule has 0 heterocycles. The maximum atomic E-state index is 14.9. The molecule has 0 amide bonds. The molecule has 0 aromatic heterocycles. The number of halogens is 4. The van der Waals surface area contributed by atoms with Gasteiger partial charge in [0.1, 0.15) is 5.69 Å². The average molecular weight is 395 g/mol. The van der Waals surface area contributed by atoms with E-state index in [-0.39, 0.29) is 0 Å². The topological polar surface area (TPSA) is 12.0 Å². The van der Waals surface area contributed by atoms with Gasteiger partial charge in [0.2, 0.25) is 0 Å². The van der Waals surface area contributed by atoms with E-state index in [1.54, 1.807) is 60.7 Å². The van der Waals surface area contributed by atoms with Gasteiger partial charge in [-0.1, -0.05) is 72.5 Å². The Kier molecular flexibility index (Phi) is 5.17. The highest BCUT2D eigenvalue weighted by Gasteiger charge is 2.36. The first kappa shape index (κ1) is 18.6. The Morgan fingerprint density at radius 1 is 0.692 bits per heavy atom. The van der Waals surface area contributed by atoms with Crippen molar-refractivity contribution in [1.29, 1.82) is 0 Å². The Labute approximate surface area is 153 Å². The van der Waals surface area contributed by atoms with Crippen LogP contribution in [0.1, 0.15) is 0 Å². The van der Waals surface area contributed by atoms with Gasteiger partial charge in [-0.15, -0.1) is 0 Å². The van der Waals surface area contributed by atoms with E-state index in [2.05, 4.69) is 5.32 Å². The van der Waals surface area contributed by atoms with E-state index in [9.17, 15) is 17.6 Å². The zero-order chi connectivity index (χ0) is 18.9. The van der Waals surface area contributed by atoms with Crippen molar-refractivity contribution < 1.29 is 17.6 Å². The number of hydrogen-bond acceptors (Lipinski definition) is 2. The molecule has 7 heteroatoms.